The van der Waals surface area contributed by atoms with Crippen LogP contribution in [0.2, 0.25) is 0 Å². The van der Waals surface area contributed by atoms with Crippen LogP contribution in [0, 0.1) is 0 Å². The fraction of sp³-hybridized carbons (Fsp3) is 0.389. The molecule has 6 nitrogen and oxygen atoms in total. The Balaban J connectivity index is 1.56. The molecule has 1 heterocycles. The molecule has 24 heavy (non-hydrogen) atoms. The summed E-state index contributed by atoms with van der Waals surface area (Å²) in [5.41, 5.74) is 1.22. The van der Waals surface area contributed by atoms with Gasteiger partial charge in [0.15, 0.2) is 5.69 Å². The second-order valence-electron chi connectivity index (χ2n) is 5.92. The van der Waals surface area contributed by atoms with E-state index < -0.39 is 0 Å². The molecule has 0 atom stereocenters. The Morgan fingerprint density at radius 3 is 2.67 bits per heavy atom. The van der Waals surface area contributed by atoms with Gasteiger partial charge in [0.05, 0.1) is 7.11 Å². The predicted molar refractivity (Wildman–Crippen MR) is 92.1 cm³/mol. The van der Waals surface area contributed by atoms with Gasteiger partial charge in [0, 0.05) is 18.2 Å². The molecule has 2 N–H and O–H groups in total. The highest BCUT2D eigenvalue weighted by molar-refractivity contribution is 5.92. The van der Waals surface area contributed by atoms with Crippen LogP contribution >= 0.6 is 0 Å². The van der Waals surface area contributed by atoms with Gasteiger partial charge in [0.1, 0.15) is 11.6 Å². The van der Waals surface area contributed by atoms with Crippen molar-refractivity contribution in [3.63, 3.8) is 0 Å². The molecule has 2 aromatic rings. The quantitative estimate of drug-likeness (QED) is 0.853. The molecule has 1 aliphatic carbocycles. The van der Waals surface area contributed by atoms with Gasteiger partial charge in [-0.05, 0) is 31.0 Å². The third kappa shape index (κ3) is 4.01. The molecule has 0 bridgehead atoms. The van der Waals surface area contributed by atoms with Gasteiger partial charge in [-0.25, -0.2) is 0 Å². The van der Waals surface area contributed by atoms with E-state index in [4.69, 9.17) is 4.74 Å². The van der Waals surface area contributed by atoms with Crippen molar-refractivity contribution in [3.8, 4) is 5.75 Å². The van der Waals surface area contributed by atoms with Crippen molar-refractivity contribution in [1.82, 2.24) is 15.5 Å². The Bertz CT molecular complexity index is 682. The minimum absolute atomic E-state index is 0.249. The van der Waals surface area contributed by atoms with Gasteiger partial charge in [0.25, 0.3) is 5.91 Å². The van der Waals surface area contributed by atoms with Crippen molar-refractivity contribution >= 4 is 11.7 Å². The Hall–Kier alpha value is -2.63. The highest BCUT2D eigenvalue weighted by atomic mass is 16.5. The summed E-state index contributed by atoms with van der Waals surface area (Å²) < 4.78 is 5.27. The number of hydrogen-bond donors (Lipinski definition) is 2. The molecule has 0 aliphatic heterocycles. The van der Waals surface area contributed by atoms with E-state index in [1.165, 1.54) is 25.7 Å². The zero-order valence-corrected chi connectivity index (χ0v) is 13.8. The number of aromatic nitrogens is 2. The molecule has 1 aromatic heterocycles. The first-order chi connectivity index (χ1) is 11.8. The third-order valence-electron chi connectivity index (χ3n) is 4.24. The number of anilines is 1. The highest BCUT2D eigenvalue weighted by Gasteiger charge is 2.15. The fourth-order valence-electron chi connectivity index (χ4n) is 2.92. The summed E-state index contributed by atoms with van der Waals surface area (Å²) in [4.78, 5) is 12.2. The Labute approximate surface area is 141 Å². The SMILES string of the molecule is COc1ccccc1CNC(=O)c1ccc(NC2CCCC2)nn1. The molecule has 1 amide bonds. The number of hydrogen-bond acceptors (Lipinski definition) is 5. The molecule has 1 aromatic carbocycles. The first-order valence-electron chi connectivity index (χ1n) is 8.26. The van der Waals surface area contributed by atoms with Gasteiger partial charge in [-0.1, -0.05) is 31.0 Å². The second-order valence-corrected chi connectivity index (χ2v) is 5.92. The van der Waals surface area contributed by atoms with E-state index in [0.717, 1.165) is 17.1 Å². The average molecular weight is 326 g/mol. The number of benzene rings is 1. The van der Waals surface area contributed by atoms with E-state index in [9.17, 15) is 4.79 Å². The molecule has 1 fully saturated rings. The lowest BCUT2D eigenvalue weighted by Gasteiger charge is -2.12. The van der Waals surface area contributed by atoms with Crippen molar-refractivity contribution in [2.75, 3.05) is 12.4 Å². The van der Waals surface area contributed by atoms with E-state index in [1.807, 2.05) is 30.3 Å². The monoisotopic (exact) mass is 326 g/mol. The molecule has 0 radical (unpaired) electrons. The largest absolute Gasteiger partial charge is 0.496 e. The Morgan fingerprint density at radius 2 is 1.96 bits per heavy atom. The maximum atomic E-state index is 12.2. The smallest absolute Gasteiger partial charge is 0.272 e. The van der Waals surface area contributed by atoms with E-state index in [0.29, 0.717) is 18.3 Å². The van der Waals surface area contributed by atoms with Crippen molar-refractivity contribution in [1.29, 1.82) is 0 Å². The number of ether oxygens (including phenoxy) is 1. The third-order valence-corrected chi connectivity index (χ3v) is 4.24. The second kappa shape index (κ2) is 7.77. The van der Waals surface area contributed by atoms with Crippen LogP contribution in [-0.4, -0.2) is 29.3 Å². The van der Waals surface area contributed by atoms with Gasteiger partial charge in [-0.3, -0.25) is 4.79 Å². The van der Waals surface area contributed by atoms with Gasteiger partial charge in [0.2, 0.25) is 0 Å². The van der Waals surface area contributed by atoms with E-state index in [-0.39, 0.29) is 5.91 Å². The molecular formula is C18H22N4O2. The number of carbonyl (C=O) groups is 1. The maximum absolute atomic E-state index is 12.2. The molecular weight excluding hydrogens is 304 g/mol. The summed E-state index contributed by atoms with van der Waals surface area (Å²) in [5, 5.41) is 14.3. The average Bonchev–Trinajstić information content (AvgIpc) is 3.13. The van der Waals surface area contributed by atoms with Crippen LogP contribution in [0.1, 0.15) is 41.7 Å². The molecule has 0 saturated heterocycles. The van der Waals surface area contributed by atoms with E-state index >= 15 is 0 Å². The van der Waals surface area contributed by atoms with Crippen LogP contribution in [0.15, 0.2) is 36.4 Å². The topological polar surface area (TPSA) is 76.1 Å². The zero-order valence-electron chi connectivity index (χ0n) is 13.8. The summed E-state index contributed by atoms with van der Waals surface area (Å²) in [6, 6.07) is 11.6. The summed E-state index contributed by atoms with van der Waals surface area (Å²) in [6.07, 6.45) is 4.86. The standard InChI is InChI=1S/C18H22N4O2/c1-24-16-9-5-2-6-13(16)12-19-18(23)15-10-11-17(22-21-15)20-14-7-3-4-8-14/h2,5-6,9-11,14H,3-4,7-8,12H2,1H3,(H,19,23)(H,20,22). The van der Waals surface area contributed by atoms with Crippen LogP contribution in [0.4, 0.5) is 5.82 Å². The van der Waals surface area contributed by atoms with Crippen LogP contribution in [0.5, 0.6) is 5.75 Å². The van der Waals surface area contributed by atoms with Gasteiger partial charge < -0.3 is 15.4 Å². The molecule has 3 rings (SSSR count). The number of rotatable bonds is 6. The number of methoxy groups -OCH3 is 1. The zero-order chi connectivity index (χ0) is 16.8. The lowest BCUT2D eigenvalue weighted by Crippen LogP contribution is -2.24. The molecule has 6 heteroatoms. The molecule has 126 valence electrons. The highest BCUT2D eigenvalue weighted by Crippen LogP contribution is 2.21. The Morgan fingerprint density at radius 1 is 1.17 bits per heavy atom. The van der Waals surface area contributed by atoms with Gasteiger partial charge in [-0.2, -0.15) is 0 Å². The first kappa shape index (κ1) is 16.2. The normalized spacial score (nSPS) is 14.4. The van der Waals surface area contributed by atoms with Gasteiger partial charge in [-0.15, -0.1) is 10.2 Å². The van der Waals surface area contributed by atoms with Crippen LogP contribution < -0.4 is 15.4 Å². The van der Waals surface area contributed by atoms with Crippen molar-refractivity contribution in [2.24, 2.45) is 0 Å². The lowest BCUT2D eigenvalue weighted by atomic mass is 10.2. The minimum Gasteiger partial charge on any atom is -0.496 e. The molecule has 0 spiro atoms. The number of carbonyl (C=O) groups excluding carboxylic acids is 1. The Kier molecular flexibility index (Phi) is 5.25. The minimum atomic E-state index is -0.249. The van der Waals surface area contributed by atoms with Crippen LogP contribution in [0.3, 0.4) is 0 Å². The summed E-state index contributed by atoms with van der Waals surface area (Å²) in [6.45, 7) is 0.382. The van der Waals surface area contributed by atoms with Gasteiger partial charge >= 0.3 is 0 Å². The van der Waals surface area contributed by atoms with Crippen LogP contribution in [-0.2, 0) is 6.54 Å². The van der Waals surface area contributed by atoms with Crippen molar-refractivity contribution < 1.29 is 9.53 Å². The molecule has 1 aliphatic rings. The first-order valence-corrected chi connectivity index (χ1v) is 8.26. The maximum Gasteiger partial charge on any atom is 0.272 e. The van der Waals surface area contributed by atoms with Crippen molar-refractivity contribution in [2.45, 2.75) is 38.3 Å². The molecule has 0 unspecified atom stereocenters. The van der Waals surface area contributed by atoms with Crippen molar-refractivity contribution in [3.05, 3.63) is 47.7 Å². The van der Waals surface area contributed by atoms with Crippen LogP contribution in [0.25, 0.3) is 0 Å². The number of amides is 1. The summed E-state index contributed by atoms with van der Waals surface area (Å²) in [5.74, 6) is 1.23. The fourth-order valence-corrected chi connectivity index (χ4v) is 2.92. The number of nitrogens with zero attached hydrogens (tertiary/aromatic N) is 2. The van der Waals surface area contributed by atoms with E-state index in [1.54, 1.807) is 13.2 Å². The van der Waals surface area contributed by atoms with E-state index in [2.05, 4.69) is 20.8 Å². The number of para-hydroxylation sites is 1. The lowest BCUT2D eigenvalue weighted by molar-refractivity contribution is 0.0944. The summed E-state index contributed by atoms with van der Waals surface area (Å²) >= 11 is 0. The summed E-state index contributed by atoms with van der Waals surface area (Å²) in [7, 11) is 1.61. The predicted octanol–water partition coefficient (Wildman–Crippen LogP) is 2.77. The number of nitrogens with one attached hydrogen (secondary N) is 2. The molecule has 1 saturated carbocycles.